The van der Waals surface area contributed by atoms with E-state index in [1.54, 1.807) is 10.9 Å². The molecule has 2 aromatic heterocycles. The van der Waals surface area contributed by atoms with E-state index in [0.29, 0.717) is 24.2 Å². The Kier molecular flexibility index (Phi) is 5.37. The first-order valence-corrected chi connectivity index (χ1v) is 8.90. The molecule has 0 radical (unpaired) electrons. The number of nitrogens with zero attached hydrogens (tertiary/aromatic N) is 5. The molecule has 23 heavy (non-hydrogen) atoms. The van der Waals surface area contributed by atoms with Crippen LogP contribution in [0.4, 0.5) is 0 Å². The molecule has 0 fully saturated rings. The lowest BCUT2D eigenvalue weighted by atomic mass is 10.2. The van der Waals surface area contributed by atoms with Crippen molar-refractivity contribution in [2.24, 2.45) is 0 Å². The monoisotopic (exact) mass is 339 g/mol. The van der Waals surface area contributed by atoms with E-state index in [-0.39, 0.29) is 11.6 Å². The topological polar surface area (TPSA) is 128 Å². The Labute approximate surface area is 133 Å². The first-order valence-electron chi connectivity index (χ1n) is 7.00. The van der Waals surface area contributed by atoms with Gasteiger partial charge in [0.05, 0.1) is 6.20 Å². The highest BCUT2D eigenvalue weighted by Crippen LogP contribution is 2.15. The number of aryl methyl sites for hydroxylation is 1. The molecule has 0 aromatic carbocycles. The Morgan fingerprint density at radius 3 is 2.52 bits per heavy atom. The van der Waals surface area contributed by atoms with E-state index in [9.17, 15) is 13.2 Å². The highest BCUT2D eigenvalue weighted by Gasteiger charge is 2.12. The Morgan fingerprint density at radius 2 is 1.91 bits per heavy atom. The van der Waals surface area contributed by atoms with Gasteiger partial charge in [0.2, 0.25) is 15.0 Å². The molecule has 0 unspecified atom stereocenters. The maximum absolute atomic E-state index is 11.3. The van der Waals surface area contributed by atoms with E-state index in [2.05, 4.69) is 20.3 Å². The lowest BCUT2D eigenvalue weighted by Gasteiger charge is -1.99. The Hall–Kier alpha value is -2.36. The second-order valence-electron chi connectivity index (χ2n) is 5.10. The summed E-state index contributed by atoms with van der Waals surface area (Å²) in [5, 5.41) is 16.3. The molecule has 2 aromatic rings. The van der Waals surface area contributed by atoms with Crippen molar-refractivity contribution in [3.05, 3.63) is 18.6 Å². The van der Waals surface area contributed by atoms with Gasteiger partial charge in [-0.15, -0.1) is 5.10 Å². The summed E-state index contributed by atoms with van der Waals surface area (Å²) < 4.78 is 24.3. The molecule has 0 atom stereocenters. The van der Waals surface area contributed by atoms with Gasteiger partial charge in [0, 0.05) is 37.2 Å². The molecule has 0 saturated heterocycles. The highest BCUT2D eigenvalue weighted by atomic mass is 32.2. The van der Waals surface area contributed by atoms with Crippen molar-refractivity contribution in [3.8, 4) is 11.3 Å². The maximum atomic E-state index is 11.3. The van der Waals surface area contributed by atoms with Crippen LogP contribution in [0.25, 0.3) is 11.3 Å². The Balaban J connectivity index is 1.92. The molecule has 0 aliphatic carbocycles. The zero-order valence-electron chi connectivity index (χ0n) is 12.6. The van der Waals surface area contributed by atoms with Gasteiger partial charge < -0.3 is 5.11 Å². The first-order chi connectivity index (χ1) is 10.9. The maximum Gasteiger partial charge on any atom is 0.303 e. The lowest BCUT2D eigenvalue weighted by molar-refractivity contribution is -0.137. The molecule has 1 N–H and O–H groups in total. The first kappa shape index (κ1) is 17.0. The van der Waals surface area contributed by atoms with Crippen LogP contribution >= 0.6 is 0 Å². The van der Waals surface area contributed by atoms with Crippen LogP contribution in [0.15, 0.2) is 23.7 Å². The smallest absolute Gasteiger partial charge is 0.303 e. The minimum atomic E-state index is -3.43. The van der Waals surface area contributed by atoms with Gasteiger partial charge in [-0.05, 0) is 12.8 Å². The average molecular weight is 339 g/mol. The molecule has 0 spiro atoms. The van der Waals surface area contributed by atoms with Crippen LogP contribution < -0.4 is 0 Å². The third-order valence-corrected chi connectivity index (χ3v) is 3.95. The predicted octanol–water partition coefficient (Wildman–Crippen LogP) is 0.784. The number of aromatic nitrogens is 5. The van der Waals surface area contributed by atoms with Crippen molar-refractivity contribution in [3.63, 3.8) is 0 Å². The molecule has 2 rings (SSSR count). The standard InChI is InChI=1S/C13H17N5O4S/c1-23(21,22)13-14-7-10(8-15-13)11-9-18(17-16-11)6-4-2-3-5-12(19)20/h7-9H,2-6H2,1H3,(H,19,20). The summed E-state index contributed by atoms with van der Waals surface area (Å²) in [7, 11) is -3.43. The van der Waals surface area contributed by atoms with Gasteiger partial charge in [-0.1, -0.05) is 11.6 Å². The molecular weight excluding hydrogens is 322 g/mol. The molecule has 10 heteroatoms. The van der Waals surface area contributed by atoms with Crippen molar-refractivity contribution in [2.45, 2.75) is 37.4 Å². The number of hydrogen-bond donors (Lipinski definition) is 1. The summed E-state index contributed by atoms with van der Waals surface area (Å²) in [6, 6.07) is 0. The van der Waals surface area contributed by atoms with Crippen LogP contribution in [0, 0.1) is 0 Å². The number of carboxylic acids is 1. The molecule has 0 aliphatic heterocycles. The van der Waals surface area contributed by atoms with E-state index >= 15 is 0 Å². The SMILES string of the molecule is CS(=O)(=O)c1ncc(-c2cn(CCCCCC(=O)O)nn2)cn1. The van der Waals surface area contributed by atoms with E-state index in [0.717, 1.165) is 19.1 Å². The summed E-state index contributed by atoms with van der Waals surface area (Å²) in [6.45, 7) is 0.634. The van der Waals surface area contributed by atoms with E-state index in [1.165, 1.54) is 12.4 Å². The van der Waals surface area contributed by atoms with Crippen molar-refractivity contribution in [1.82, 2.24) is 25.0 Å². The fourth-order valence-electron chi connectivity index (χ4n) is 1.91. The van der Waals surface area contributed by atoms with Gasteiger partial charge in [-0.25, -0.2) is 18.4 Å². The number of carbonyl (C=O) groups is 1. The number of sulfone groups is 1. The minimum absolute atomic E-state index is 0.173. The predicted molar refractivity (Wildman–Crippen MR) is 80.3 cm³/mol. The van der Waals surface area contributed by atoms with Gasteiger partial charge in [0.1, 0.15) is 5.69 Å². The molecule has 9 nitrogen and oxygen atoms in total. The quantitative estimate of drug-likeness (QED) is 0.552. The van der Waals surface area contributed by atoms with Crippen LogP contribution in [0.5, 0.6) is 0 Å². The van der Waals surface area contributed by atoms with Crippen molar-refractivity contribution in [1.29, 1.82) is 0 Å². The van der Waals surface area contributed by atoms with Gasteiger partial charge in [-0.3, -0.25) is 9.48 Å². The van der Waals surface area contributed by atoms with Gasteiger partial charge in [0.25, 0.3) is 0 Å². The van der Waals surface area contributed by atoms with Gasteiger partial charge >= 0.3 is 5.97 Å². The lowest BCUT2D eigenvalue weighted by Crippen LogP contribution is -2.03. The fraction of sp³-hybridized carbons (Fsp3) is 0.462. The molecule has 0 aliphatic rings. The molecule has 0 saturated carbocycles. The largest absolute Gasteiger partial charge is 0.481 e. The number of unbranched alkanes of at least 4 members (excludes halogenated alkanes) is 2. The van der Waals surface area contributed by atoms with Gasteiger partial charge in [-0.2, -0.15) is 0 Å². The van der Waals surface area contributed by atoms with Crippen molar-refractivity contribution >= 4 is 15.8 Å². The van der Waals surface area contributed by atoms with E-state index in [4.69, 9.17) is 5.11 Å². The van der Waals surface area contributed by atoms with Crippen LogP contribution in [0.3, 0.4) is 0 Å². The molecule has 124 valence electrons. The second kappa shape index (κ2) is 7.27. The zero-order valence-corrected chi connectivity index (χ0v) is 13.4. The Morgan fingerprint density at radius 1 is 1.22 bits per heavy atom. The Bertz CT molecular complexity index is 770. The number of aliphatic carboxylic acids is 1. The summed E-state index contributed by atoms with van der Waals surface area (Å²) in [5.74, 6) is -0.786. The third-order valence-electron chi connectivity index (χ3n) is 3.07. The summed E-state index contributed by atoms with van der Waals surface area (Å²) in [5.41, 5.74) is 1.13. The second-order valence-corrected chi connectivity index (χ2v) is 7.01. The van der Waals surface area contributed by atoms with Gasteiger partial charge in [0.15, 0.2) is 0 Å². The van der Waals surface area contributed by atoms with Crippen LogP contribution in [0.2, 0.25) is 0 Å². The summed E-state index contributed by atoms with van der Waals surface area (Å²) in [6.07, 6.45) is 7.96. The van der Waals surface area contributed by atoms with Crippen molar-refractivity contribution < 1.29 is 18.3 Å². The summed E-state index contributed by atoms with van der Waals surface area (Å²) in [4.78, 5) is 18.0. The normalized spacial score (nSPS) is 11.5. The minimum Gasteiger partial charge on any atom is -0.481 e. The van der Waals surface area contributed by atoms with Crippen LogP contribution in [-0.2, 0) is 21.2 Å². The number of carboxylic acid groups (broad SMARTS) is 1. The van der Waals surface area contributed by atoms with E-state index in [1.807, 2.05) is 0 Å². The molecule has 2 heterocycles. The zero-order chi connectivity index (χ0) is 16.9. The number of hydrogen-bond acceptors (Lipinski definition) is 7. The van der Waals surface area contributed by atoms with Crippen LogP contribution in [-0.4, -0.2) is 50.7 Å². The molecule has 0 bridgehead atoms. The van der Waals surface area contributed by atoms with E-state index < -0.39 is 15.8 Å². The van der Waals surface area contributed by atoms with Crippen LogP contribution in [0.1, 0.15) is 25.7 Å². The number of rotatable bonds is 8. The van der Waals surface area contributed by atoms with Crippen molar-refractivity contribution in [2.75, 3.05) is 6.26 Å². The third kappa shape index (κ3) is 5.09. The molecular formula is C13H17N5O4S. The fourth-order valence-corrected chi connectivity index (χ4v) is 2.40. The highest BCUT2D eigenvalue weighted by molar-refractivity contribution is 7.90. The molecule has 0 amide bonds. The summed E-state index contributed by atoms with van der Waals surface area (Å²) >= 11 is 0. The average Bonchev–Trinajstić information content (AvgIpc) is 2.95.